The number of esters is 1. The van der Waals surface area contributed by atoms with E-state index in [2.05, 4.69) is 11.4 Å². The van der Waals surface area contributed by atoms with Gasteiger partial charge in [0.05, 0.1) is 31.0 Å². The van der Waals surface area contributed by atoms with Crippen LogP contribution in [-0.4, -0.2) is 31.5 Å². The zero-order chi connectivity index (χ0) is 24.8. The van der Waals surface area contributed by atoms with Gasteiger partial charge in [0, 0.05) is 11.8 Å². The molecule has 8 nitrogen and oxygen atoms in total. The van der Waals surface area contributed by atoms with Gasteiger partial charge in [-0.15, -0.1) is 0 Å². The lowest BCUT2D eigenvalue weighted by molar-refractivity contribution is -0.148. The highest BCUT2D eigenvalue weighted by Gasteiger charge is 2.29. The molecule has 176 valence electrons. The summed E-state index contributed by atoms with van der Waals surface area (Å²) < 4.78 is 10.5. The largest absolute Gasteiger partial charge is 0.481 e. The van der Waals surface area contributed by atoms with E-state index in [0.29, 0.717) is 29.2 Å². The van der Waals surface area contributed by atoms with Crippen LogP contribution in [-0.2, 0) is 32.1 Å². The van der Waals surface area contributed by atoms with Crippen molar-refractivity contribution in [2.75, 3.05) is 23.9 Å². The molecular weight excluding hydrogens is 446 g/mol. The van der Waals surface area contributed by atoms with Crippen LogP contribution in [0.2, 0.25) is 0 Å². The van der Waals surface area contributed by atoms with Crippen molar-refractivity contribution in [2.24, 2.45) is 5.92 Å². The van der Waals surface area contributed by atoms with Gasteiger partial charge in [-0.2, -0.15) is 5.26 Å². The van der Waals surface area contributed by atoms with Crippen LogP contribution < -0.4 is 15.0 Å². The number of fused-ring (bicyclic) bond motifs is 1. The molecule has 1 aliphatic heterocycles. The van der Waals surface area contributed by atoms with Crippen molar-refractivity contribution in [3.8, 4) is 11.8 Å². The lowest BCUT2D eigenvalue weighted by Gasteiger charge is -2.30. The molecule has 0 saturated carbocycles. The van der Waals surface area contributed by atoms with Crippen LogP contribution in [0.3, 0.4) is 0 Å². The standard InChI is InChI=1S/C27H23N3O5/c1-34-27(33)22(13-18-5-3-2-4-6-18)26(32)29-21-11-12-23-24(14-21)35-17-25(31)30(23)16-20-9-7-19(15-28)8-10-20/h2-12,14,22H,13,16-17H2,1H3,(H,29,32). The number of nitriles is 1. The quantitative estimate of drug-likeness (QED) is 0.419. The summed E-state index contributed by atoms with van der Waals surface area (Å²) in [5.41, 5.74) is 3.24. The van der Waals surface area contributed by atoms with Gasteiger partial charge in [-0.3, -0.25) is 14.4 Å². The fourth-order valence-corrected chi connectivity index (χ4v) is 3.83. The van der Waals surface area contributed by atoms with Gasteiger partial charge in [-0.25, -0.2) is 0 Å². The number of nitrogens with one attached hydrogen (secondary N) is 1. The monoisotopic (exact) mass is 469 g/mol. The molecule has 1 unspecified atom stereocenters. The molecule has 0 saturated heterocycles. The number of hydrogen-bond donors (Lipinski definition) is 1. The SMILES string of the molecule is COC(=O)C(Cc1ccccc1)C(=O)Nc1ccc2c(c1)OCC(=O)N2Cc1ccc(C#N)cc1. The summed E-state index contributed by atoms with van der Waals surface area (Å²) in [5.74, 6) is -1.91. The van der Waals surface area contributed by atoms with Crippen LogP contribution in [0.15, 0.2) is 72.8 Å². The molecule has 2 amide bonds. The number of amides is 2. The minimum Gasteiger partial charge on any atom is -0.481 e. The molecule has 0 aliphatic carbocycles. The summed E-state index contributed by atoms with van der Waals surface area (Å²) in [7, 11) is 1.25. The van der Waals surface area contributed by atoms with Crippen LogP contribution in [0.5, 0.6) is 5.75 Å². The molecule has 3 aromatic carbocycles. The van der Waals surface area contributed by atoms with Crippen molar-refractivity contribution >= 4 is 29.2 Å². The molecule has 0 radical (unpaired) electrons. The molecule has 3 aromatic rings. The number of ether oxygens (including phenoxy) is 2. The third kappa shape index (κ3) is 5.47. The molecule has 1 atom stereocenters. The number of methoxy groups -OCH3 is 1. The fraction of sp³-hybridized carbons (Fsp3) is 0.185. The highest BCUT2D eigenvalue weighted by molar-refractivity contribution is 6.05. The topological polar surface area (TPSA) is 109 Å². The molecule has 35 heavy (non-hydrogen) atoms. The summed E-state index contributed by atoms with van der Waals surface area (Å²) in [5, 5.41) is 11.7. The van der Waals surface area contributed by atoms with Crippen molar-refractivity contribution in [3.63, 3.8) is 0 Å². The number of nitrogens with zero attached hydrogens (tertiary/aromatic N) is 2. The molecular formula is C27H23N3O5. The Morgan fingerprint density at radius 3 is 2.51 bits per heavy atom. The van der Waals surface area contributed by atoms with E-state index in [4.69, 9.17) is 14.7 Å². The summed E-state index contributed by atoms with van der Waals surface area (Å²) in [4.78, 5) is 39.4. The summed E-state index contributed by atoms with van der Waals surface area (Å²) in [6.45, 7) is 0.174. The van der Waals surface area contributed by atoms with Crippen LogP contribution in [0.25, 0.3) is 0 Å². The van der Waals surface area contributed by atoms with Crippen molar-refractivity contribution in [3.05, 3.63) is 89.5 Å². The van der Waals surface area contributed by atoms with Crippen molar-refractivity contribution in [2.45, 2.75) is 13.0 Å². The average Bonchev–Trinajstić information content (AvgIpc) is 2.89. The highest BCUT2D eigenvalue weighted by atomic mass is 16.5. The maximum atomic E-state index is 13.0. The van der Waals surface area contributed by atoms with Gasteiger partial charge in [0.1, 0.15) is 11.7 Å². The molecule has 0 spiro atoms. The van der Waals surface area contributed by atoms with Gasteiger partial charge >= 0.3 is 5.97 Å². The van der Waals surface area contributed by atoms with Crippen LogP contribution in [0.1, 0.15) is 16.7 Å². The lowest BCUT2D eigenvalue weighted by Crippen LogP contribution is -2.38. The second kappa shape index (κ2) is 10.5. The zero-order valence-corrected chi connectivity index (χ0v) is 19.1. The van der Waals surface area contributed by atoms with Gasteiger partial charge in [-0.05, 0) is 41.8 Å². The molecule has 1 N–H and O–H groups in total. The Labute approximate surface area is 202 Å². The minimum atomic E-state index is -1.02. The van der Waals surface area contributed by atoms with Gasteiger partial charge in [0.25, 0.3) is 5.91 Å². The number of carbonyl (C=O) groups excluding carboxylic acids is 3. The first-order valence-electron chi connectivity index (χ1n) is 11.0. The van der Waals surface area contributed by atoms with Crippen LogP contribution in [0, 0.1) is 17.2 Å². The molecule has 0 fully saturated rings. The normalized spacial score (nSPS) is 13.1. The predicted octanol–water partition coefficient (Wildman–Crippen LogP) is 3.45. The third-order valence-electron chi connectivity index (χ3n) is 5.68. The number of hydrogen-bond acceptors (Lipinski definition) is 6. The zero-order valence-electron chi connectivity index (χ0n) is 19.1. The highest BCUT2D eigenvalue weighted by Crippen LogP contribution is 2.35. The maximum absolute atomic E-state index is 13.0. The Balaban J connectivity index is 1.51. The van der Waals surface area contributed by atoms with Crippen LogP contribution >= 0.6 is 0 Å². The molecule has 0 bridgehead atoms. The predicted molar refractivity (Wildman–Crippen MR) is 129 cm³/mol. The van der Waals surface area contributed by atoms with Gasteiger partial charge in [-0.1, -0.05) is 42.5 Å². The van der Waals surface area contributed by atoms with Gasteiger partial charge in [0.2, 0.25) is 5.91 Å². The van der Waals surface area contributed by atoms with Gasteiger partial charge < -0.3 is 19.7 Å². The second-order valence-corrected chi connectivity index (χ2v) is 8.01. The first kappa shape index (κ1) is 23.5. The van der Waals surface area contributed by atoms with Gasteiger partial charge in [0.15, 0.2) is 6.61 Å². The number of rotatable bonds is 7. The molecule has 4 rings (SSSR count). The molecule has 0 aromatic heterocycles. The minimum absolute atomic E-state index is 0.139. The van der Waals surface area contributed by atoms with E-state index < -0.39 is 17.8 Å². The number of benzene rings is 3. The Kier molecular flexibility index (Phi) is 7.07. The fourth-order valence-electron chi connectivity index (χ4n) is 3.83. The second-order valence-electron chi connectivity index (χ2n) is 8.01. The van der Waals surface area contributed by atoms with E-state index in [1.54, 1.807) is 47.4 Å². The number of anilines is 2. The smallest absolute Gasteiger partial charge is 0.318 e. The molecule has 1 aliphatic rings. The van der Waals surface area contributed by atoms with E-state index in [1.807, 2.05) is 30.3 Å². The molecule has 1 heterocycles. The Morgan fingerprint density at radius 1 is 1.09 bits per heavy atom. The average molecular weight is 469 g/mol. The first-order chi connectivity index (χ1) is 17.0. The van der Waals surface area contributed by atoms with E-state index in [0.717, 1.165) is 11.1 Å². The summed E-state index contributed by atoms with van der Waals surface area (Å²) in [6, 6.07) is 23.3. The molecule has 8 heteroatoms. The van der Waals surface area contributed by atoms with E-state index in [1.165, 1.54) is 7.11 Å². The Bertz CT molecular complexity index is 1280. The lowest BCUT2D eigenvalue weighted by atomic mass is 9.98. The Hall–Kier alpha value is -4.64. The van der Waals surface area contributed by atoms with Crippen molar-refractivity contribution in [1.82, 2.24) is 0 Å². The van der Waals surface area contributed by atoms with Crippen molar-refractivity contribution in [1.29, 1.82) is 5.26 Å². The Morgan fingerprint density at radius 2 is 1.83 bits per heavy atom. The van der Waals surface area contributed by atoms with E-state index in [9.17, 15) is 14.4 Å². The first-order valence-corrected chi connectivity index (χ1v) is 11.0. The summed E-state index contributed by atoms with van der Waals surface area (Å²) in [6.07, 6.45) is 0.202. The maximum Gasteiger partial charge on any atom is 0.318 e. The third-order valence-corrected chi connectivity index (χ3v) is 5.68. The van der Waals surface area contributed by atoms with E-state index in [-0.39, 0.29) is 18.9 Å². The van der Waals surface area contributed by atoms with Crippen LogP contribution in [0.4, 0.5) is 11.4 Å². The summed E-state index contributed by atoms with van der Waals surface area (Å²) >= 11 is 0. The van der Waals surface area contributed by atoms with E-state index >= 15 is 0 Å². The number of carbonyl (C=O) groups is 3. The van der Waals surface area contributed by atoms with Crippen molar-refractivity contribution < 1.29 is 23.9 Å².